The number of alkyl halides is 22. The normalized spacial score (nSPS) is 31.0. The Bertz CT molecular complexity index is 1700. The molecule has 0 radical (unpaired) electrons. The lowest BCUT2D eigenvalue weighted by Crippen LogP contribution is -2.45. The van der Waals surface area contributed by atoms with E-state index >= 15 is 0 Å². The van der Waals surface area contributed by atoms with E-state index in [9.17, 15) is 99.8 Å². The Morgan fingerprint density at radius 1 is 0.389 bits per heavy atom. The van der Waals surface area contributed by atoms with Gasteiger partial charge in [0.2, 0.25) is 34.5 Å². The largest absolute Gasteiger partial charge is 0.518 e. The maximum atomic E-state index is 11.9. The number of hydrogen-bond acceptors (Lipinski definition) is 24. The summed E-state index contributed by atoms with van der Waals surface area (Å²) in [6.07, 6.45) is -44.6. The van der Waals surface area contributed by atoms with Gasteiger partial charge in [0.15, 0.2) is 6.61 Å². The van der Waals surface area contributed by atoms with Crippen LogP contribution in [-0.4, -0.2) is 156 Å². The van der Waals surface area contributed by atoms with E-state index in [4.69, 9.17) is 92.8 Å². The number of ether oxygens (including phenoxy) is 16. The van der Waals surface area contributed by atoms with Crippen molar-refractivity contribution in [2.24, 2.45) is 0 Å². The summed E-state index contributed by atoms with van der Waals surface area (Å²) >= 11 is 41.9. The summed E-state index contributed by atoms with van der Waals surface area (Å²) in [6, 6.07) is 0. The monoisotopic (exact) mass is 1260 g/mol. The standard InChI is InChI=1S/C5H2F6O3.C3Cl4O3.C3H2Cl2O3.C3H2ClFO3.C3H3ClO3.C3F4O3.C3H2F2O3.C3H3FO3/c6-4(7,8)1-2(5(9,10)11)14-3(12)13-1;4-2(5)3(6,7)10-1(8)9-2;2*4-1-2(5)8-3(6)7-1;4-2-1-6-3(5)7-2;4-2(5)3(6,7)10-1(8)9-2;4-1-2(5)8-3(6)7-1;4-2-1-6-3(5)7-2/h1-2H;;2*1-2H;2H,1H2;;1-2H;2H,1H2. The topological polar surface area (TPSA) is 284 Å². The number of carbonyl (C=O) groups is 8. The molecular formula is C26H14Cl8F14O24. The molecule has 72 heavy (non-hydrogen) atoms. The van der Waals surface area contributed by atoms with Crippen molar-refractivity contribution in [2.75, 3.05) is 13.2 Å². The first kappa shape index (κ1) is 65.5. The van der Waals surface area contributed by atoms with E-state index in [0.29, 0.717) is 0 Å². The van der Waals surface area contributed by atoms with E-state index < -0.39 is 143 Å². The Balaban J connectivity index is 0.000000416. The second kappa shape index (κ2) is 26.6. The first-order valence-corrected chi connectivity index (χ1v) is 19.5. The summed E-state index contributed by atoms with van der Waals surface area (Å²) in [6.45, 7) is -0.0980. The fraction of sp³-hybridized carbons (Fsp3) is 0.692. The molecule has 0 N–H and O–H groups in total. The van der Waals surface area contributed by atoms with E-state index in [2.05, 4.69) is 75.8 Å². The smallest absolute Gasteiger partial charge is 0.429 e. The Hall–Kier alpha value is -4.50. The average molecular weight is 1260 g/mol. The fourth-order valence-corrected chi connectivity index (χ4v) is 4.02. The van der Waals surface area contributed by atoms with Crippen molar-refractivity contribution in [2.45, 2.75) is 93.5 Å². The highest BCUT2D eigenvalue weighted by Crippen LogP contribution is 2.49. The van der Waals surface area contributed by atoms with Gasteiger partial charge in [-0.1, -0.05) is 46.4 Å². The molecule has 8 aliphatic rings. The third-order valence-corrected chi connectivity index (χ3v) is 8.90. The van der Waals surface area contributed by atoms with E-state index in [-0.39, 0.29) is 13.2 Å². The third kappa shape index (κ3) is 21.9. The number of rotatable bonds is 0. The molecule has 8 saturated heterocycles. The van der Waals surface area contributed by atoms with Crippen LogP contribution < -0.4 is 0 Å². The van der Waals surface area contributed by atoms with Crippen LogP contribution in [0.25, 0.3) is 0 Å². The number of carbonyl (C=O) groups excluding carboxylic acids is 8. The van der Waals surface area contributed by atoms with Crippen LogP contribution in [0.5, 0.6) is 0 Å². The van der Waals surface area contributed by atoms with E-state index in [1.165, 1.54) is 0 Å². The van der Waals surface area contributed by atoms with Crippen molar-refractivity contribution >= 4 is 142 Å². The molecular weight excluding hydrogens is 1250 g/mol. The number of halogens is 22. The first-order valence-electron chi connectivity index (χ1n) is 16.3. The SMILES string of the molecule is O=C1OC(C(F)(F)F)C(C(F)(F)F)O1.O=C1OC(Cl)(Cl)C(Cl)(Cl)O1.O=C1OC(Cl)C(Cl)O1.O=C1OC(F)(F)C(F)(F)O1.O=C1OC(F)C(Cl)O1.O=C1OC(F)C(F)O1.O=C1OCC(Cl)O1.O=C1OCC(F)O1. The molecule has 10 unspecified atom stereocenters. The minimum absolute atomic E-state index is 0.167. The molecule has 0 amide bonds. The van der Waals surface area contributed by atoms with Crippen molar-refractivity contribution in [3.05, 3.63) is 0 Å². The lowest BCUT2D eigenvalue weighted by Gasteiger charge is -2.19. The van der Waals surface area contributed by atoms with Crippen LogP contribution in [0, 0.1) is 0 Å². The molecule has 0 aromatic rings. The zero-order chi connectivity index (χ0) is 56.1. The lowest BCUT2D eigenvalue weighted by molar-refractivity contribution is -0.344. The highest BCUT2D eigenvalue weighted by atomic mass is 35.5. The molecule has 0 aromatic carbocycles. The van der Waals surface area contributed by atoms with Crippen LogP contribution in [0.1, 0.15) is 0 Å². The molecule has 0 bridgehead atoms. The molecule has 8 heterocycles. The van der Waals surface area contributed by atoms with Crippen molar-refractivity contribution in [1.82, 2.24) is 0 Å². The van der Waals surface area contributed by atoms with Crippen molar-refractivity contribution in [3.63, 3.8) is 0 Å². The minimum Gasteiger partial charge on any atom is -0.429 e. The molecule has 0 aromatic heterocycles. The summed E-state index contributed by atoms with van der Waals surface area (Å²) in [5, 5.41) is 0. The van der Waals surface area contributed by atoms with Crippen LogP contribution in [0.15, 0.2) is 0 Å². The first-order chi connectivity index (χ1) is 32.5. The maximum absolute atomic E-state index is 11.9. The van der Waals surface area contributed by atoms with Crippen LogP contribution in [0.2, 0.25) is 0 Å². The highest BCUT2D eigenvalue weighted by molar-refractivity contribution is 6.62. The maximum Gasteiger partial charge on any atom is 0.518 e. The molecule has 46 heteroatoms. The molecule has 8 aliphatic heterocycles. The summed E-state index contributed by atoms with van der Waals surface area (Å²) in [7, 11) is 0. The van der Waals surface area contributed by atoms with E-state index in [0.717, 1.165) is 0 Å². The van der Waals surface area contributed by atoms with Crippen molar-refractivity contribution in [3.8, 4) is 0 Å². The van der Waals surface area contributed by atoms with Gasteiger partial charge in [0.05, 0.1) is 0 Å². The van der Waals surface area contributed by atoms with E-state index in [1.807, 2.05) is 0 Å². The van der Waals surface area contributed by atoms with Gasteiger partial charge in [-0.15, -0.1) is 0 Å². The summed E-state index contributed by atoms with van der Waals surface area (Å²) < 4.78 is 221. The van der Waals surface area contributed by atoms with Gasteiger partial charge in [-0.25, -0.2) is 38.4 Å². The van der Waals surface area contributed by atoms with Gasteiger partial charge in [-0.3, -0.25) is 0 Å². The molecule has 0 spiro atoms. The Morgan fingerprint density at radius 3 is 0.847 bits per heavy atom. The molecule has 0 saturated carbocycles. The second-order valence-corrected chi connectivity index (χ2v) is 15.4. The number of hydrogen-bond donors (Lipinski definition) is 0. The van der Waals surface area contributed by atoms with Gasteiger partial charge >= 0.3 is 95.6 Å². The van der Waals surface area contributed by atoms with Gasteiger partial charge in [-0.2, -0.15) is 61.5 Å². The van der Waals surface area contributed by atoms with Gasteiger partial charge in [0.25, 0.3) is 12.7 Å². The third-order valence-electron chi connectivity index (χ3n) is 5.87. The van der Waals surface area contributed by atoms with Crippen LogP contribution in [0.4, 0.5) is 99.8 Å². The molecule has 8 fully saturated rings. The van der Waals surface area contributed by atoms with Crippen molar-refractivity contribution < 1.29 is 176 Å². The molecule has 8 rings (SSSR count). The predicted octanol–water partition coefficient (Wildman–Crippen LogP) is 9.98. The Labute approximate surface area is 423 Å². The number of cyclic esters (lactones) is 16. The van der Waals surface area contributed by atoms with Crippen LogP contribution in [0.3, 0.4) is 0 Å². The summed E-state index contributed by atoms with van der Waals surface area (Å²) in [5.41, 5.74) is -3.54. The molecule has 416 valence electrons. The quantitative estimate of drug-likeness (QED) is 0.0943. The van der Waals surface area contributed by atoms with Crippen LogP contribution in [-0.2, 0) is 75.8 Å². The van der Waals surface area contributed by atoms with Gasteiger partial charge in [-0.05, 0) is 46.4 Å². The Morgan fingerprint density at radius 2 is 0.708 bits per heavy atom. The lowest BCUT2D eigenvalue weighted by atomic mass is 10.2. The van der Waals surface area contributed by atoms with Crippen LogP contribution >= 0.6 is 92.8 Å². The molecule has 24 nitrogen and oxygen atoms in total. The average Bonchev–Trinajstić information content (AvgIpc) is 4.08. The minimum atomic E-state index is -5.30. The zero-order valence-electron chi connectivity index (χ0n) is 32.3. The second-order valence-electron chi connectivity index (χ2n) is 11.1. The summed E-state index contributed by atoms with van der Waals surface area (Å²) in [4.78, 5) is 79.5. The van der Waals surface area contributed by atoms with Gasteiger partial charge in [0, 0.05) is 0 Å². The highest BCUT2D eigenvalue weighted by Gasteiger charge is 2.71. The fourth-order valence-electron chi connectivity index (χ4n) is 3.10. The summed E-state index contributed by atoms with van der Waals surface area (Å²) in [5.74, 6) is 0. The Kier molecular flexibility index (Phi) is 24.2. The van der Waals surface area contributed by atoms with Gasteiger partial charge in [0.1, 0.15) is 6.61 Å². The molecule has 0 aliphatic carbocycles. The molecule has 10 atom stereocenters. The van der Waals surface area contributed by atoms with Crippen molar-refractivity contribution in [1.29, 1.82) is 0 Å². The van der Waals surface area contributed by atoms with E-state index in [1.54, 1.807) is 0 Å². The predicted molar refractivity (Wildman–Crippen MR) is 187 cm³/mol. The van der Waals surface area contributed by atoms with Gasteiger partial charge < -0.3 is 75.8 Å². The zero-order valence-corrected chi connectivity index (χ0v) is 38.3.